The molecule has 2 N–H and O–H groups in total. The molecule has 2 rings (SSSR count). The predicted octanol–water partition coefficient (Wildman–Crippen LogP) is 0.764. The Hall–Kier alpha value is -2.35. The van der Waals surface area contributed by atoms with Gasteiger partial charge in [0.1, 0.15) is 5.92 Å². The van der Waals surface area contributed by atoms with E-state index in [0.29, 0.717) is 19.4 Å². The van der Waals surface area contributed by atoms with E-state index in [1.54, 1.807) is 0 Å². The Balaban J connectivity index is 1.83. The number of nitrogens with zero attached hydrogens (tertiary/aromatic N) is 1. The first kappa shape index (κ1) is 14.1. The molecule has 2 amide bonds. The van der Waals surface area contributed by atoms with Crippen LogP contribution in [0.25, 0.3) is 0 Å². The largest absolute Gasteiger partial charge is 0.353 e. The highest BCUT2D eigenvalue weighted by atomic mass is 16.2. The van der Waals surface area contributed by atoms with Gasteiger partial charge in [-0.15, -0.1) is 0 Å². The minimum Gasteiger partial charge on any atom is -0.353 e. The summed E-state index contributed by atoms with van der Waals surface area (Å²) in [5.74, 6) is -0.961. The van der Waals surface area contributed by atoms with Crippen LogP contribution >= 0.6 is 0 Å². The van der Waals surface area contributed by atoms with Crippen molar-refractivity contribution in [1.29, 1.82) is 5.26 Å². The van der Waals surface area contributed by atoms with Gasteiger partial charge in [0.15, 0.2) is 0 Å². The first-order valence-electron chi connectivity index (χ1n) is 6.69. The highest BCUT2D eigenvalue weighted by molar-refractivity contribution is 5.82. The molecule has 0 aliphatic carbocycles. The maximum atomic E-state index is 12.0. The van der Waals surface area contributed by atoms with Crippen molar-refractivity contribution in [2.75, 3.05) is 6.54 Å². The molecule has 1 heterocycles. The summed E-state index contributed by atoms with van der Waals surface area (Å²) >= 11 is 0. The highest BCUT2D eigenvalue weighted by Crippen LogP contribution is 2.09. The van der Waals surface area contributed by atoms with E-state index in [0.717, 1.165) is 12.0 Å². The highest BCUT2D eigenvalue weighted by Gasteiger charge is 2.23. The normalized spacial score (nSPS) is 18.9. The second kappa shape index (κ2) is 6.71. The standard InChI is InChI=1S/C15H17N3O2/c16-9-12(8-11-4-2-1-3-5-11)15(20)17-10-13-6-7-14(19)18-13/h1-5,12-13H,6-8,10H2,(H,17,20)(H,18,19). The number of hydrogen-bond donors (Lipinski definition) is 2. The van der Waals surface area contributed by atoms with Gasteiger partial charge in [-0.25, -0.2) is 0 Å². The number of amides is 2. The van der Waals surface area contributed by atoms with Crippen LogP contribution < -0.4 is 10.6 Å². The number of hydrogen-bond acceptors (Lipinski definition) is 3. The van der Waals surface area contributed by atoms with E-state index < -0.39 is 5.92 Å². The molecule has 2 unspecified atom stereocenters. The molecular weight excluding hydrogens is 254 g/mol. The minimum absolute atomic E-state index is 0.0116. The molecule has 20 heavy (non-hydrogen) atoms. The second-order valence-electron chi connectivity index (χ2n) is 4.92. The maximum Gasteiger partial charge on any atom is 0.237 e. The second-order valence-corrected chi connectivity index (χ2v) is 4.92. The van der Waals surface area contributed by atoms with Crippen LogP contribution in [0.2, 0.25) is 0 Å². The zero-order valence-corrected chi connectivity index (χ0v) is 11.1. The number of carbonyl (C=O) groups excluding carboxylic acids is 2. The van der Waals surface area contributed by atoms with Crippen molar-refractivity contribution in [3.63, 3.8) is 0 Å². The van der Waals surface area contributed by atoms with Crippen LogP contribution in [0.1, 0.15) is 18.4 Å². The molecular formula is C15H17N3O2. The van der Waals surface area contributed by atoms with Crippen molar-refractivity contribution < 1.29 is 9.59 Å². The average Bonchev–Trinajstić information content (AvgIpc) is 2.89. The van der Waals surface area contributed by atoms with Gasteiger partial charge in [0.05, 0.1) is 6.07 Å². The van der Waals surface area contributed by atoms with Crippen LogP contribution in [-0.2, 0) is 16.0 Å². The average molecular weight is 271 g/mol. The molecule has 1 aromatic rings. The number of rotatable bonds is 5. The predicted molar refractivity (Wildman–Crippen MR) is 73.4 cm³/mol. The van der Waals surface area contributed by atoms with E-state index in [1.165, 1.54) is 0 Å². The lowest BCUT2D eigenvalue weighted by Crippen LogP contribution is -2.41. The van der Waals surface area contributed by atoms with Gasteiger partial charge in [-0.2, -0.15) is 5.26 Å². The third-order valence-electron chi connectivity index (χ3n) is 3.36. The zero-order valence-electron chi connectivity index (χ0n) is 11.1. The summed E-state index contributed by atoms with van der Waals surface area (Å²) < 4.78 is 0. The molecule has 1 saturated heterocycles. The summed E-state index contributed by atoms with van der Waals surface area (Å²) in [4.78, 5) is 23.0. The molecule has 2 atom stereocenters. The smallest absolute Gasteiger partial charge is 0.237 e. The van der Waals surface area contributed by atoms with E-state index in [2.05, 4.69) is 10.6 Å². The van der Waals surface area contributed by atoms with Gasteiger partial charge in [0.2, 0.25) is 11.8 Å². The number of benzene rings is 1. The van der Waals surface area contributed by atoms with Gasteiger partial charge >= 0.3 is 0 Å². The van der Waals surface area contributed by atoms with Gasteiger partial charge in [0.25, 0.3) is 0 Å². The third kappa shape index (κ3) is 3.82. The van der Waals surface area contributed by atoms with Crippen molar-refractivity contribution in [2.24, 2.45) is 5.92 Å². The van der Waals surface area contributed by atoms with E-state index >= 15 is 0 Å². The van der Waals surface area contributed by atoms with E-state index in [-0.39, 0.29) is 17.9 Å². The molecule has 104 valence electrons. The molecule has 0 spiro atoms. The van der Waals surface area contributed by atoms with Gasteiger partial charge in [-0.1, -0.05) is 30.3 Å². The summed E-state index contributed by atoms with van der Waals surface area (Å²) in [6.45, 7) is 0.386. The number of nitrogens with one attached hydrogen (secondary N) is 2. The maximum absolute atomic E-state index is 12.0. The fourth-order valence-corrected chi connectivity index (χ4v) is 2.22. The molecule has 0 saturated carbocycles. The Morgan fingerprint density at radius 1 is 1.45 bits per heavy atom. The molecule has 1 fully saturated rings. The van der Waals surface area contributed by atoms with Crippen molar-refractivity contribution in [3.05, 3.63) is 35.9 Å². The van der Waals surface area contributed by atoms with Crippen LogP contribution in [0.3, 0.4) is 0 Å². The van der Waals surface area contributed by atoms with Crippen molar-refractivity contribution in [2.45, 2.75) is 25.3 Å². The summed E-state index contributed by atoms with van der Waals surface area (Å²) in [7, 11) is 0. The summed E-state index contributed by atoms with van der Waals surface area (Å²) in [5, 5.41) is 14.6. The summed E-state index contributed by atoms with van der Waals surface area (Å²) in [6, 6.07) is 11.5. The van der Waals surface area contributed by atoms with Crippen molar-refractivity contribution in [3.8, 4) is 6.07 Å². The molecule has 0 radical (unpaired) electrons. The van der Waals surface area contributed by atoms with Crippen LogP contribution in [0, 0.1) is 17.2 Å². The Morgan fingerprint density at radius 3 is 2.80 bits per heavy atom. The molecule has 5 heteroatoms. The molecule has 0 aromatic heterocycles. The zero-order chi connectivity index (χ0) is 14.4. The molecule has 0 bridgehead atoms. The van der Waals surface area contributed by atoms with Gasteiger partial charge < -0.3 is 10.6 Å². The first-order chi connectivity index (χ1) is 9.69. The van der Waals surface area contributed by atoms with Crippen molar-refractivity contribution >= 4 is 11.8 Å². The monoisotopic (exact) mass is 271 g/mol. The Labute approximate surface area is 118 Å². The van der Waals surface area contributed by atoms with Gasteiger partial charge in [-0.05, 0) is 18.4 Å². The van der Waals surface area contributed by atoms with E-state index in [1.807, 2.05) is 36.4 Å². The van der Waals surface area contributed by atoms with Crippen LogP contribution in [0.5, 0.6) is 0 Å². The van der Waals surface area contributed by atoms with E-state index in [9.17, 15) is 9.59 Å². The molecule has 5 nitrogen and oxygen atoms in total. The topological polar surface area (TPSA) is 82.0 Å². The number of nitriles is 1. The third-order valence-corrected chi connectivity index (χ3v) is 3.36. The lowest BCUT2D eigenvalue weighted by Gasteiger charge is -2.14. The fourth-order valence-electron chi connectivity index (χ4n) is 2.22. The SMILES string of the molecule is N#CC(Cc1ccccc1)C(=O)NCC1CCC(=O)N1. The quantitative estimate of drug-likeness (QED) is 0.829. The Bertz CT molecular complexity index is 522. The lowest BCUT2D eigenvalue weighted by molar-refractivity contribution is -0.124. The Morgan fingerprint density at radius 2 is 2.20 bits per heavy atom. The summed E-state index contributed by atoms with van der Waals surface area (Å²) in [5.41, 5.74) is 0.961. The van der Waals surface area contributed by atoms with Crippen LogP contribution in [0.15, 0.2) is 30.3 Å². The van der Waals surface area contributed by atoms with E-state index in [4.69, 9.17) is 5.26 Å². The lowest BCUT2D eigenvalue weighted by atomic mass is 10.00. The molecule has 1 aromatic carbocycles. The molecule has 1 aliphatic heterocycles. The minimum atomic E-state index is -0.700. The van der Waals surface area contributed by atoms with Crippen molar-refractivity contribution in [1.82, 2.24) is 10.6 Å². The molecule has 1 aliphatic rings. The first-order valence-corrected chi connectivity index (χ1v) is 6.69. The summed E-state index contributed by atoms with van der Waals surface area (Å²) in [6.07, 6.45) is 1.64. The Kier molecular flexibility index (Phi) is 4.72. The van der Waals surface area contributed by atoms with Crippen LogP contribution in [-0.4, -0.2) is 24.4 Å². The van der Waals surface area contributed by atoms with Gasteiger partial charge in [0, 0.05) is 19.0 Å². The number of carbonyl (C=O) groups is 2. The fraction of sp³-hybridized carbons (Fsp3) is 0.400. The van der Waals surface area contributed by atoms with Gasteiger partial charge in [-0.3, -0.25) is 9.59 Å². The van der Waals surface area contributed by atoms with Crippen LogP contribution in [0.4, 0.5) is 0 Å².